The van der Waals surface area contributed by atoms with E-state index < -0.39 is 0 Å². The van der Waals surface area contributed by atoms with Gasteiger partial charge in [-0.25, -0.2) is 0 Å². The van der Waals surface area contributed by atoms with Gasteiger partial charge >= 0.3 is 0 Å². The Morgan fingerprint density at radius 3 is 2.41 bits per heavy atom. The van der Waals surface area contributed by atoms with E-state index in [-0.39, 0.29) is 30.3 Å². The van der Waals surface area contributed by atoms with Crippen LogP contribution in [0.15, 0.2) is 59.5 Å². The third kappa shape index (κ3) is 7.09. The lowest BCUT2D eigenvalue weighted by Crippen LogP contribution is -2.37. The minimum absolute atomic E-state index is 0. The van der Waals surface area contributed by atoms with Crippen LogP contribution in [0.25, 0.3) is 0 Å². The number of halogens is 1. The van der Waals surface area contributed by atoms with Crippen LogP contribution in [-0.2, 0) is 4.79 Å². The number of hydrogen-bond acceptors (Lipinski definition) is 4. The van der Waals surface area contributed by atoms with Crippen molar-refractivity contribution in [1.29, 1.82) is 0 Å². The van der Waals surface area contributed by atoms with Crippen molar-refractivity contribution in [3.8, 4) is 5.75 Å². The van der Waals surface area contributed by atoms with E-state index in [9.17, 15) is 4.79 Å². The Morgan fingerprint density at radius 2 is 1.74 bits per heavy atom. The summed E-state index contributed by atoms with van der Waals surface area (Å²) in [5, 5.41) is 3.03. The number of nitrogens with one attached hydrogen (secondary N) is 1. The Labute approximate surface area is 172 Å². The molecule has 6 heteroatoms. The average molecular weight is 409 g/mol. The molecular weight excluding hydrogens is 380 g/mol. The summed E-state index contributed by atoms with van der Waals surface area (Å²) in [4.78, 5) is 13.5. The van der Waals surface area contributed by atoms with Crippen molar-refractivity contribution in [3.63, 3.8) is 0 Å². The van der Waals surface area contributed by atoms with Crippen molar-refractivity contribution in [2.24, 2.45) is 17.6 Å². The summed E-state index contributed by atoms with van der Waals surface area (Å²) in [6, 6.07) is 17.4. The van der Waals surface area contributed by atoms with Gasteiger partial charge in [0.2, 0.25) is 5.91 Å². The second kappa shape index (κ2) is 11.9. The van der Waals surface area contributed by atoms with Gasteiger partial charge in [0.05, 0.1) is 13.0 Å². The number of benzene rings is 2. The highest BCUT2D eigenvalue weighted by Gasteiger charge is 2.22. The Morgan fingerprint density at radius 1 is 1.11 bits per heavy atom. The van der Waals surface area contributed by atoms with Crippen LogP contribution in [0.1, 0.15) is 25.5 Å². The first-order valence-electron chi connectivity index (χ1n) is 8.87. The summed E-state index contributed by atoms with van der Waals surface area (Å²) in [5.74, 6) is 1.85. The molecule has 0 saturated carbocycles. The molecule has 27 heavy (non-hydrogen) atoms. The van der Waals surface area contributed by atoms with Crippen LogP contribution >= 0.6 is 24.2 Å². The zero-order valence-electron chi connectivity index (χ0n) is 16.1. The molecule has 0 aliphatic heterocycles. The summed E-state index contributed by atoms with van der Waals surface area (Å²) < 4.78 is 5.37. The van der Waals surface area contributed by atoms with E-state index >= 15 is 0 Å². The van der Waals surface area contributed by atoms with Gasteiger partial charge in [-0.3, -0.25) is 4.79 Å². The molecule has 0 heterocycles. The topological polar surface area (TPSA) is 64.3 Å². The van der Waals surface area contributed by atoms with Gasteiger partial charge in [0.25, 0.3) is 0 Å². The van der Waals surface area contributed by atoms with Crippen molar-refractivity contribution in [2.75, 3.05) is 19.4 Å². The van der Waals surface area contributed by atoms with Crippen molar-refractivity contribution in [2.45, 2.75) is 24.8 Å². The second-order valence-corrected chi connectivity index (χ2v) is 7.60. The van der Waals surface area contributed by atoms with Crippen LogP contribution in [-0.4, -0.2) is 25.3 Å². The van der Waals surface area contributed by atoms with Gasteiger partial charge < -0.3 is 15.8 Å². The van der Waals surface area contributed by atoms with E-state index in [1.54, 1.807) is 18.9 Å². The SMILES string of the molecule is COc1ccccc1SCC(C)CNC(=O)C(C)C(N)c1ccccc1.Cl. The van der Waals surface area contributed by atoms with Crippen LogP contribution in [0.3, 0.4) is 0 Å². The molecule has 1 amide bonds. The van der Waals surface area contributed by atoms with Crippen LogP contribution < -0.4 is 15.8 Å². The summed E-state index contributed by atoms with van der Waals surface area (Å²) in [6.07, 6.45) is 0. The highest BCUT2D eigenvalue weighted by Crippen LogP contribution is 2.30. The van der Waals surface area contributed by atoms with E-state index in [0.29, 0.717) is 12.5 Å². The standard InChI is InChI=1S/C21H28N2O2S.ClH/c1-15(14-26-19-12-8-7-11-18(19)25-3)13-23-21(24)16(2)20(22)17-9-5-4-6-10-17;/h4-12,15-16,20H,13-14,22H2,1-3H3,(H,23,24);1H. The number of hydrogen-bond donors (Lipinski definition) is 2. The lowest BCUT2D eigenvalue weighted by atomic mass is 9.94. The quantitative estimate of drug-likeness (QED) is 0.607. The molecule has 148 valence electrons. The van der Waals surface area contributed by atoms with Gasteiger partial charge in [-0.2, -0.15) is 0 Å². The molecule has 4 nitrogen and oxygen atoms in total. The highest BCUT2D eigenvalue weighted by molar-refractivity contribution is 7.99. The van der Waals surface area contributed by atoms with Crippen molar-refractivity contribution in [1.82, 2.24) is 5.32 Å². The highest BCUT2D eigenvalue weighted by atomic mass is 35.5. The minimum atomic E-state index is -0.297. The predicted molar refractivity (Wildman–Crippen MR) is 116 cm³/mol. The molecular formula is C21H29ClN2O2S. The van der Waals surface area contributed by atoms with Crippen molar-refractivity contribution < 1.29 is 9.53 Å². The van der Waals surface area contributed by atoms with Gasteiger partial charge in [0, 0.05) is 23.2 Å². The number of ether oxygens (including phenoxy) is 1. The Hall–Kier alpha value is -1.69. The van der Waals surface area contributed by atoms with E-state index in [2.05, 4.69) is 18.3 Å². The van der Waals surface area contributed by atoms with Gasteiger partial charge in [0.1, 0.15) is 5.75 Å². The maximum absolute atomic E-state index is 12.4. The van der Waals surface area contributed by atoms with Gasteiger partial charge in [-0.1, -0.05) is 56.3 Å². The van der Waals surface area contributed by atoms with Crippen LogP contribution in [0.2, 0.25) is 0 Å². The third-order valence-corrected chi connectivity index (χ3v) is 5.74. The zero-order chi connectivity index (χ0) is 18.9. The van der Waals surface area contributed by atoms with E-state index in [1.165, 1.54) is 0 Å². The number of amides is 1. The maximum atomic E-state index is 12.4. The van der Waals surface area contributed by atoms with Crippen LogP contribution in [0, 0.1) is 11.8 Å². The smallest absolute Gasteiger partial charge is 0.224 e. The lowest BCUT2D eigenvalue weighted by molar-refractivity contribution is -0.125. The molecule has 0 aromatic heterocycles. The first kappa shape index (κ1) is 23.3. The van der Waals surface area contributed by atoms with Crippen LogP contribution in [0.5, 0.6) is 5.75 Å². The Balaban J connectivity index is 0.00000364. The Kier molecular flexibility index (Phi) is 10.3. The number of para-hydroxylation sites is 1. The molecule has 3 unspecified atom stereocenters. The average Bonchev–Trinajstić information content (AvgIpc) is 2.70. The molecule has 2 rings (SSSR count). The molecule has 0 spiro atoms. The number of methoxy groups -OCH3 is 1. The summed E-state index contributed by atoms with van der Waals surface area (Å²) in [7, 11) is 1.68. The number of carbonyl (C=O) groups excluding carboxylic acids is 1. The normalized spacial score (nSPS) is 13.8. The fourth-order valence-corrected chi connectivity index (χ4v) is 3.64. The molecule has 0 saturated heterocycles. The zero-order valence-corrected chi connectivity index (χ0v) is 17.7. The molecule has 3 N–H and O–H groups in total. The van der Waals surface area contributed by atoms with Gasteiger partial charge in [0.15, 0.2) is 0 Å². The molecule has 2 aromatic carbocycles. The third-order valence-electron chi connectivity index (χ3n) is 4.35. The fraction of sp³-hybridized carbons (Fsp3) is 0.381. The Bertz CT molecular complexity index is 700. The maximum Gasteiger partial charge on any atom is 0.224 e. The first-order chi connectivity index (χ1) is 12.5. The molecule has 3 atom stereocenters. The summed E-state index contributed by atoms with van der Waals surface area (Å²) >= 11 is 1.74. The van der Waals surface area contributed by atoms with E-state index in [0.717, 1.165) is 22.0 Å². The van der Waals surface area contributed by atoms with Gasteiger partial charge in [-0.15, -0.1) is 24.2 Å². The molecule has 0 aliphatic rings. The summed E-state index contributed by atoms with van der Waals surface area (Å²) in [6.45, 7) is 4.64. The lowest BCUT2D eigenvalue weighted by Gasteiger charge is -2.21. The molecule has 0 bridgehead atoms. The number of thioether (sulfide) groups is 1. The monoisotopic (exact) mass is 408 g/mol. The predicted octanol–water partition coefficient (Wildman–Crippen LogP) is 4.30. The van der Waals surface area contributed by atoms with E-state index in [1.807, 2.05) is 55.5 Å². The molecule has 0 aliphatic carbocycles. The summed E-state index contributed by atoms with van der Waals surface area (Å²) in [5.41, 5.74) is 7.22. The first-order valence-corrected chi connectivity index (χ1v) is 9.85. The minimum Gasteiger partial charge on any atom is -0.496 e. The molecule has 2 aromatic rings. The second-order valence-electron chi connectivity index (χ2n) is 6.54. The van der Waals surface area contributed by atoms with Crippen molar-refractivity contribution >= 4 is 30.1 Å². The van der Waals surface area contributed by atoms with Gasteiger partial charge in [-0.05, 0) is 23.6 Å². The number of nitrogens with two attached hydrogens (primary N) is 1. The molecule has 0 radical (unpaired) electrons. The number of rotatable bonds is 9. The fourth-order valence-electron chi connectivity index (χ4n) is 2.59. The van der Waals surface area contributed by atoms with Crippen molar-refractivity contribution in [3.05, 3.63) is 60.2 Å². The van der Waals surface area contributed by atoms with E-state index in [4.69, 9.17) is 10.5 Å². The number of carbonyl (C=O) groups is 1. The molecule has 0 fully saturated rings. The van der Waals surface area contributed by atoms with Crippen LogP contribution in [0.4, 0.5) is 0 Å². The largest absolute Gasteiger partial charge is 0.496 e.